The second kappa shape index (κ2) is 6.61. The Balaban J connectivity index is 1.91. The Hall–Kier alpha value is -1.78. The summed E-state index contributed by atoms with van der Waals surface area (Å²) in [6, 6.07) is 5.15. The lowest BCUT2D eigenvalue weighted by molar-refractivity contribution is -0.137. The van der Waals surface area contributed by atoms with Gasteiger partial charge in [0.1, 0.15) is 6.07 Å². The van der Waals surface area contributed by atoms with Gasteiger partial charge in [-0.3, -0.25) is 0 Å². The number of aliphatic hydroxyl groups excluding tert-OH is 1. The first kappa shape index (κ1) is 17.1. The predicted molar refractivity (Wildman–Crippen MR) is 81.5 cm³/mol. The standard InChI is InChI=1S/C17H19F3N2O2/c18-17(19,20)12-3-4-14(11(8-12)9-21)22-6-1-2-15(22)13-10-24-7-5-16(13)23/h3-4,8,13,15-16,23H,1-2,5-7,10H2. The lowest BCUT2D eigenvalue weighted by Gasteiger charge is -2.38. The maximum Gasteiger partial charge on any atom is 0.416 e. The molecule has 3 unspecified atom stereocenters. The third-order valence-electron chi connectivity index (χ3n) is 4.91. The molecule has 4 nitrogen and oxygen atoms in total. The van der Waals surface area contributed by atoms with E-state index in [2.05, 4.69) is 0 Å². The highest BCUT2D eigenvalue weighted by atomic mass is 19.4. The van der Waals surface area contributed by atoms with Crippen LogP contribution in [-0.2, 0) is 10.9 Å². The molecule has 2 aliphatic heterocycles. The number of aliphatic hydroxyl groups is 1. The summed E-state index contributed by atoms with van der Waals surface area (Å²) >= 11 is 0. The third kappa shape index (κ3) is 3.21. The van der Waals surface area contributed by atoms with Crippen molar-refractivity contribution in [3.05, 3.63) is 29.3 Å². The fourth-order valence-electron chi connectivity index (χ4n) is 3.71. The molecule has 7 heteroatoms. The van der Waals surface area contributed by atoms with Gasteiger partial charge < -0.3 is 14.7 Å². The number of ether oxygens (including phenoxy) is 1. The van der Waals surface area contributed by atoms with Crippen LogP contribution in [0.3, 0.4) is 0 Å². The Bertz CT molecular complexity index is 642. The Morgan fingerprint density at radius 2 is 2.08 bits per heavy atom. The van der Waals surface area contributed by atoms with Gasteiger partial charge >= 0.3 is 6.18 Å². The minimum absolute atomic E-state index is 0.0166. The van der Waals surface area contributed by atoms with E-state index in [4.69, 9.17) is 4.74 Å². The summed E-state index contributed by atoms with van der Waals surface area (Å²) in [5, 5.41) is 19.6. The van der Waals surface area contributed by atoms with Gasteiger partial charge in [0.2, 0.25) is 0 Å². The second-order valence-corrected chi connectivity index (χ2v) is 6.34. The van der Waals surface area contributed by atoms with Crippen LogP contribution in [0.5, 0.6) is 0 Å². The van der Waals surface area contributed by atoms with Crippen molar-refractivity contribution >= 4 is 5.69 Å². The number of hydrogen-bond acceptors (Lipinski definition) is 4. The number of rotatable bonds is 2. The first-order chi connectivity index (χ1) is 11.4. The van der Waals surface area contributed by atoms with Gasteiger partial charge in [0.15, 0.2) is 0 Å². The average molecular weight is 340 g/mol. The molecule has 130 valence electrons. The van der Waals surface area contributed by atoms with Crippen molar-refractivity contribution in [1.29, 1.82) is 5.26 Å². The first-order valence-electron chi connectivity index (χ1n) is 8.05. The predicted octanol–water partition coefficient (Wildman–Crippen LogP) is 2.94. The van der Waals surface area contributed by atoms with Crippen LogP contribution in [-0.4, -0.2) is 37.0 Å². The lowest BCUT2D eigenvalue weighted by atomic mass is 9.89. The minimum atomic E-state index is -4.47. The van der Waals surface area contributed by atoms with Crippen molar-refractivity contribution in [1.82, 2.24) is 0 Å². The van der Waals surface area contributed by atoms with Crippen molar-refractivity contribution in [2.75, 3.05) is 24.7 Å². The number of nitrogens with zero attached hydrogens (tertiary/aromatic N) is 2. The Morgan fingerprint density at radius 1 is 1.29 bits per heavy atom. The summed E-state index contributed by atoms with van der Waals surface area (Å²) in [4.78, 5) is 1.96. The zero-order chi connectivity index (χ0) is 17.3. The Kier molecular flexibility index (Phi) is 4.70. The quantitative estimate of drug-likeness (QED) is 0.899. The maximum atomic E-state index is 12.9. The van der Waals surface area contributed by atoms with Crippen molar-refractivity contribution in [3.63, 3.8) is 0 Å². The van der Waals surface area contributed by atoms with Gasteiger partial charge in [0, 0.05) is 25.1 Å². The summed E-state index contributed by atoms with van der Waals surface area (Å²) in [5.41, 5.74) is -0.298. The Morgan fingerprint density at radius 3 is 2.75 bits per heavy atom. The number of hydrogen-bond donors (Lipinski definition) is 1. The van der Waals surface area contributed by atoms with E-state index in [1.54, 1.807) is 0 Å². The largest absolute Gasteiger partial charge is 0.416 e. The fourth-order valence-corrected chi connectivity index (χ4v) is 3.71. The van der Waals surface area contributed by atoms with Gasteiger partial charge in [-0.1, -0.05) is 0 Å². The highest BCUT2D eigenvalue weighted by Gasteiger charge is 2.39. The second-order valence-electron chi connectivity index (χ2n) is 6.34. The molecule has 0 saturated carbocycles. The molecule has 2 fully saturated rings. The zero-order valence-electron chi connectivity index (χ0n) is 13.1. The molecule has 2 saturated heterocycles. The molecule has 24 heavy (non-hydrogen) atoms. The van der Waals surface area contributed by atoms with Gasteiger partial charge in [0.25, 0.3) is 0 Å². The van der Waals surface area contributed by atoms with Crippen LogP contribution in [0.25, 0.3) is 0 Å². The van der Waals surface area contributed by atoms with Gasteiger partial charge in [-0.2, -0.15) is 18.4 Å². The molecule has 0 amide bonds. The molecule has 0 radical (unpaired) electrons. The van der Waals surface area contributed by atoms with E-state index in [1.807, 2.05) is 11.0 Å². The molecule has 2 heterocycles. The molecule has 0 spiro atoms. The Labute approximate surface area is 138 Å². The van der Waals surface area contributed by atoms with Crippen molar-refractivity contribution in [3.8, 4) is 6.07 Å². The van der Waals surface area contributed by atoms with E-state index in [0.29, 0.717) is 31.9 Å². The average Bonchev–Trinajstić information content (AvgIpc) is 3.03. The smallest absolute Gasteiger partial charge is 0.393 e. The molecular formula is C17H19F3N2O2. The highest BCUT2D eigenvalue weighted by molar-refractivity contribution is 5.62. The number of alkyl halides is 3. The summed E-state index contributed by atoms with van der Waals surface area (Å²) in [5.74, 6) is -0.0879. The summed E-state index contributed by atoms with van der Waals surface area (Å²) in [6.45, 7) is 1.62. The third-order valence-corrected chi connectivity index (χ3v) is 4.91. The topological polar surface area (TPSA) is 56.5 Å². The van der Waals surface area contributed by atoms with Gasteiger partial charge in [-0.05, 0) is 37.5 Å². The van der Waals surface area contributed by atoms with E-state index in [-0.39, 0.29) is 17.5 Å². The van der Waals surface area contributed by atoms with E-state index >= 15 is 0 Å². The monoisotopic (exact) mass is 340 g/mol. The molecule has 1 aromatic rings. The molecule has 1 N–H and O–H groups in total. The highest BCUT2D eigenvalue weighted by Crippen LogP contribution is 2.37. The van der Waals surface area contributed by atoms with Crippen molar-refractivity contribution in [2.45, 2.75) is 37.6 Å². The molecule has 3 rings (SSSR count). The molecule has 0 bridgehead atoms. The van der Waals surface area contributed by atoms with E-state index in [1.165, 1.54) is 6.07 Å². The molecule has 3 atom stereocenters. The maximum absolute atomic E-state index is 12.9. The first-order valence-corrected chi connectivity index (χ1v) is 8.05. The van der Waals surface area contributed by atoms with Crippen LogP contribution in [0, 0.1) is 17.2 Å². The van der Waals surface area contributed by atoms with Crippen LogP contribution >= 0.6 is 0 Å². The number of halogens is 3. The van der Waals surface area contributed by atoms with E-state index < -0.39 is 17.8 Å². The number of nitriles is 1. The summed E-state index contributed by atoms with van der Waals surface area (Å²) in [6.07, 6.45) is -2.68. The fraction of sp³-hybridized carbons (Fsp3) is 0.588. The van der Waals surface area contributed by atoms with Crippen LogP contribution in [0.1, 0.15) is 30.4 Å². The van der Waals surface area contributed by atoms with Gasteiger partial charge in [-0.15, -0.1) is 0 Å². The van der Waals surface area contributed by atoms with Crippen molar-refractivity contribution < 1.29 is 23.0 Å². The normalized spacial score (nSPS) is 28.0. The van der Waals surface area contributed by atoms with Crippen molar-refractivity contribution in [2.24, 2.45) is 5.92 Å². The number of anilines is 1. The molecule has 0 aromatic heterocycles. The minimum Gasteiger partial charge on any atom is -0.393 e. The van der Waals surface area contributed by atoms with Crippen LogP contribution < -0.4 is 4.90 Å². The lowest BCUT2D eigenvalue weighted by Crippen LogP contribution is -2.46. The van der Waals surface area contributed by atoms with E-state index in [9.17, 15) is 23.5 Å². The SMILES string of the molecule is N#Cc1cc(C(F)(F)F)ccc1N1CCCC1C1COCCC1O. The summed E-state index contributed by atoms with van der Waals surface area (Å²) < 4.78 is 44.0. The van der Waals surface area contributed by atoms with Crippen LogP contribution in [0.15, 0.2) is 18.2 Å². The van der Waals surface area contributed by atoms with Crippen LogP contribution in [0.4, 0.5) is 18.9 Å². The molecule has 2 aliphatic rings. The van der Waals surface area contributed by atoms with E-state index in [0.717, 1.165) is 25.0 Å². The molecule has 1 aromatic carbocycles. The summed E-state index contributed by atoms with van der Waals surface area (Å²) in [7, 11) is 0. The van der Waals surface area contributed by atoms with Gasteiger partial charge in [-0.25, -0.2) is 0 Å². The van der Waals surface area contributed by atoms with Crippen LogP contribution in [0.2, 0.25) is 0 Å². The van der Waals surface area contributed by atoms with Gasteiger partial charge in [0.05, 0.1) is 29.5 Å². The molecular weight excluding hydrogens is 321 g/mol. The molecule has 0 aliphatic carbocycles. The zero-order valence-corrected chi connectivity index (χ0v) is 13.1. The number of benzene rings is 1.